The van der Waals surface area contributed by atoms with E-state index in [4.69, 9.17) is 4.74 Å². The molecule has 0 aliphatic carbocycles. The van der Waals surface area contributed by atoms with Crippen LogP contribution in [-0.4, -0.2) is 36.8 Å². The van der Waals surface area contributed by atoms with Crippen molar-refractivity contribution >= 4 is 5.91 Å². The van der Waals surface area contributed by atoms with Crippen LogP contribution in [0.1, 0.15) is 32.4 Å². The fraction of sp³-hybridized carbons (Fsp3) is 0.533. The molecule has 112 valence electrons. The standard InChI is InChI=1S/C15H24N2O3/c1-15(2,3)17-14(19)10-16-9-13(18)11-5-7-12(20-4)8-6-11/h5-8,13,16,18H,9-10H2,1-4H3,(H,17,19). The van der Waals surface area contributed by atoms with Crippen molar-refractivity contribution in [2.45, 2.75) is 32.4 Å². The minimum atomic E-state index is -0.650. The number of aliphatic hydroxyl groups excluding tert-OH is 1. The van der Waals surface area contributed by atoms with Crippen LogP contribution < -0.4 is 15.4 Å². The third kappa shape index (κ3) is 6.04. The molecule has 1 rings (SSSR count). The molecular weight excluding hydrogens is 256 g/mol. The quantitative estimate of drug-likeness (QED) is 0.733. The molecule has 0 bridgehead atoms. The number of hydrogen-bond acceptors (Lipinski definition) is 4. The second-order valence-electron chi connectivity index (χ2n) is 5.72. The first-order chi connectivity index (χ1) is 9.31. The maximum Gasteiger partial charge on any atom is 0.234 e. The number of rotatable bonds is 6. The molecule has 1 amide bonds. The van der Waals surface area contributed by atoms with Gasteiger partial charge in [-0.05, 0) is 38.5 Å². The number of hydrogen-bond donors (Lipinski definition) is 3. The smallest absolute Gasteiger partial charge is 0.234 e. The summed E-state index contributed by atoms with van der Waals surface area (Å²) in [7, 11) is 1.60. The second-order valence-corrected chi connectivity index (χ2v) is 5.72. The minimum absolute atomic E-state index is 0.0839. The van der Waals surface area contributed by atoms with E-state index in [2.05, 4.69) is 10.6 Å². The van der Waals surface area contributed by atoms with Crippen LogP contribution in [-0.2, 0) is 4.79 Å². The summed E-state index contributed by atoms with van der Waals surface area (Å²) in [5, 5.41) is 15.8. The number of ether oxygens (including phenoxy) is 1. The van der Waals surface area contributed by atoms with Crippen molar-refractivity contribution in [2.24, 2.45) is 0 Å². The van der Waals surface area contributed by atoms with Crippen molar-refractivity contribution in [3.05, 3.63) is 29.8 Å². The predicted molar refractivity (Wildman–Crippen MR) is 78.7 cm³/mol. The van der Waals surface area contributed by atoms with Crippen LogP contribution in [0, 0.1) is 0 Å². The normalized spacial score (nSPS) is 12.8. The van der Waals surface area contributed by atoms with Crippen molar-refractivity contribution in [2.75, 3.05) is 20.2 Å². The molecule has 0 saturated carbocycles. The molecule has 0 aliphatic rings. The molecule has 0 aromatic heterocycles. The third-order valence-corrected chi connectivity index (χ3v) is 2.64. The molecule has 1 aromatic carbocycles. The summed E-state index contributed by atoms with van der Waals surface area (Å²) >= 11 is 0. The van der Waals surface area contributed by atoms with E-state index in [-0.39, 0.29) is 18.0 Å². The van der Waals surface area contributed by atoms with Crippen molar-refractivity contribution in [3.63, 3.8) is 0 Å². The SMILES string of the molecule is COc1ccc(C(O)CNCC(=O)NC(C)(C)C)cc1. The number of nitrogens with one attached hydrogen (secondary N) is 2. The van der Waals surface area contributed by atoms with Gasteiger partial charge in [0, 0.05) is 12.1 Å². The Kier molecular flexibility index (Phi) is 5.98. The van der Waals surface area contributed by atoms with Gasteiger partial charge in [0.25, 0.3) is 0 Å². The van der Waals surface area contributed by atoms with Gasteiger partial charge < -0.3 is 20.5 Å². The van der Waals surface area contributed by atoms with Crippen LogP contribution in [0.3, 0.4) is 0 Å². The Balaban J connectivity index is 2.35. The fourth-order valence-electron chi connectivity index (χ4n) is 1.73. The molecule has 0 heterocycles. The molecule has 0 saturated heterocycles. The molecule has 5 nitrogen and oxygen atoms in total. The van der Waals surface area contributed by atoms with E-state index >= 15 is 0 Å². The van der Waals surface area contributed by atoms with E-state index in [9.17, 15) is 9.90 Å². The number of methoxy groups -OCH3 is 1. The van der Waals surface area contributed by atoms with E-state index in [1.807, 2.05) is 20.8 Å². The summed E-state index contributed by atoms with van der Waals surface area (Å²) in [5.41, 5.74) is 0.544. The number of aliphatic hydroxyl groups is 1. The van der Waals surface area contributed by atoms with Gasteiger partial charge in [0.2, 0.25) is 5.91 Å². The van der Waals surface area contributed by atoms with Crippen LogP contribution in [0.4, 0.5) is 0 Å². The Morgan fingerprint density at radius 3 is 2.40 bits per heavy atom. The maximum absolute atomic E-state index is 11.6. The summed E-state index contributed by atoms with van der Waals surface area (Å²) in [6, 6.07) is 7.20. The lowest BCUT2D eigenvalue weighted by Gasteiger charge is -2.21. The van der Waals surface area contributed by atoms with Gasteiger partial charge in [0.15, 0.2) is 0 Å². The Hall–Kier alpha value is -1.59. The lowest BCUT2D eigenvalue weighted by atomic mass is 10.1. The molecule has 1 atom stereocenters. The highest BCUT2D eigenvalue weighted by Crippen LogP contribution is 2.16. The van der Waals surface area contributed by atoms with E-state index in [1.165, 1.54) is 0 Å². The number of carbonyl (C=O) groups is 1. The number of amides is 1. The molecule has 0 fully saturated rings. The van der Waals surface area contributed by atoms with Crippen molar-refractivity contribution in [3.8, 4) is 5.75 Å². The summed E-state index contributed by atoms with van der Waals surface area (Å²) in [6.07, 6.45) is -0.650. The number of carbonyl (C=O) groups excluding carboxylic acids is 1. The summed E-state index contributed by atoms with van der Waals surface area (Å²) < 4.78 is 5.06. The van der Waals surface area contributed by atoms with Crippen molar-refractivity contribution < 1.29 is 14.6 Å². The lowest BCUT2D eigenvalue weighted by molar-refractivity contribution is -0.121. The molecule has 20 heavy (non-hydrogen) atoms. The van der Waals surface area contributed by atoms with E-state index in [0.717, 1.165) is 11.3 Å². The van der Waals surface area contributed by atoms with Crippen molar-refractivity contribution in [1.82, 2.24) is 10.6 Å². The van der Waals surface area contributed by atoms with Gasteiger partial charge in [-0.25, -0.2) is 0 Å². The fourth-order valence-corrected chi connectivity index (χ4v) is 1.73. The highest BCUT2D eigenvalue weighted by atomic mass is 16.5. The predicted octanol–water partition coefficient (Wildman–Crippen LogP) is 1.23. The zero-order valence-electron chi connectivity index (χ0n) is 12.6. The second kappa shape index (κ2) is 7.26. The summed E-state index contributed by atoms with van der Waals surface area (Å²) in [4.78, 5) is 11.6. The number of benzene rings is 1. The Bertz CT molecular complexity index is 424. The lowest BCUT2D eigenvalue weighted by Crippen LogP contribution is -2.45. The molecule has 1 aromatic rings. The molecule has 5 heteroatoms. The van der Waals surface area contributed by atoms with Gasteiger partial charge in [-0.1, -0.05) is 12.1 Å². The average molecular weight is 280 g/mol. The van der Waals surface area contributed by atoms with E-state index in [1.54, 1.807) is 31.4 Å². The molecular formula is C15H24N2O3. The topological polar surface area (TPSA) is 70.6 Å². The van der Waals surface area contributed by atoms with Gasteiger partial charge in [0.05, 0.1) is 19.8 Å². The summed E-state index contributed by atoms with van der Waals surface area (Å²) in [5.74, 6) is 0.665. The first-order valence-electron chi connectivity index (χ1n) is 6.65. The molecule has 3 N–H and O–H groups in total. The van der Waals surface area contributed by atoms with Gasteiger partial charge in [-0.3, -0.25) is 4.79 Å². The Labute approximate surface area is 120 Å². The van der Waals surface area contributed by atoms with Gasteiger partial charge in [-0.15, -0.1) is 0 Å². The van der Waals surface area contributed by atoms with Crippen LogP contribution in [0.25, 0.3) is 0 Å². The monoisotopic (exact) mass is 280 g/mol. The van der Waals surface area contributed by atoms with Gasteiger partial charge in [-0.2, -0.15) is 0 Å². The maximum atomic E-state index is 11.6. The van der Waals surface area contributed by atoms with Crippen LogP contribution in [0.5, 0.6) is 5.75 Å². The highest BCUT2D eigenvalue weighted by Gasteiger charge is 2.14. The Morgan fingerprint density at radius 2 is 1.90 bits per heavy atom. The molecule has 0 radical (unpaired) electrons. The van der Waals surface area contributed by atoms with Crippen LogP contribution in [0.2, 0.25) is 0 Å². The van der Waals surface area contributed by atoms with Crippen LogP contribution >= 0.6 is 0 Å². The zero-order chi connectivity index (χ0) is 15.2. The molecule has 1 unspecified atom stereocenters. The van der Waals surface area contributed by atoms with E-state index < -0.39 is 6.10 Å². The van der Waals surface area contributed by atoms with E-state index in [0.29, 0.717) is 6.54 Å². The first kappa shape index (κ1) is 16.5. The first-order valence-corrected chi connectivity index (χ1v) is 6.65. The Morgan fingerprint density at radius 1 is 1.30 bits per heavy atom. The third-order valence-electron chi connectivity index (χ3n) is 2.64. The van der Waals surface area contributed by atoms with Gasteiger partial charge in [0.1, 0.15) is 5.75 Å². The van der Waals surface area contributed by atoms with Gasteiger partial charge >= 0.3 is 0 Å². The minimum Gasteiger partial charge on any atom is -0.497 e. The molecule has 0 spiro atoms. The average Bonchev–Trinajstić information content (AvgIpc) is 2.36. The van der Waals surface area contributed by atoms with Crippen molar-refractivity contribution in [1.29, 1.82) is 0 Å². The zero-order valence-corrected chi connectivity index (χ0v) is 12.6. The van der Waals surface area contributed by atoms with Crippen LogP contribution in [0.15, 0.2) is 24.3 Å². The largest absolute Gasteiger partial charge is 0.497 e. The molecule has 0 aliphatic heterocycles. The summed E-state index contributed by atoms with van der Waals surface area (Å²) in [6.45, 7) is 6.29. The highest BCUT2D eigenvalue weighted by molar-refractivity contribution is 5.78.